The van der Waals surface area contributed by atoms with Gasteiger partial charge in [0.05, 0.1) is 6.61 Å². The molecule has 30 heavy (non-hydrogen) atoms. The highest BCUT2D eigenvalue weighted by atomic mass is 16.5. The molecule has 1 aromatic heterocycles. The van der Waals surface area contributed by atoms with E-state index in [0.29, 0.717) is 28.8 Å². The predicted octanol–water partition coefficient (Wildman–Crippen LogP) is 4.36. The van der Waals surface area contributed by atoms with E-state index >= 15 is 0 Å². The number of rotatable bonds is 9. The quantitative estimate of drug-likeness (QED) is 0.417. The third-order valence-corrected chi connectivity index (χ3v) is 4.47. The zero-order chi connectivity index (χ0) is 21.5. The summed E-state index contributed by atoms with van der Waals surface area (Å²) in [5.41, 5.74) is 2.10. The Labute approximate surface area is 174 Å². The summed E-state index contributed by atoms with van der Waals surface area (Å²) in [6.45, 7) is 1.68. The lowest BCUT2D eigenvalue weighted by molar-refractivity contribution is -0.116. The molecular formula is C23H23NO6. The summed E-state index contributed by atoms with van der Waals surface area (Å²) in [5, 5.41) is 3.51. The molecule has 3 aromatic rings. The van der Waals surface area contributed by atoms with E-state index in [1.54, 1.807) is 36.4 Å². The number of hydrogen-bond acceptors (Lipinski definition) is 6. The van der Waals surface area contributed by atoms with Crippen molar-refractivity contribution in [2.45, 2.75) is 26.4 Å². The van der Waals surface area contributed by atoms with Crippen LogP contribution in [0.25, 0.3) is 11.0 Å². The lowest BCUT2D eigenvalue weighted by atomic mass is 10.1. The van der Waals surface area contributed by atoms with Crippen LogP contribution in [0.5, 0.6) is 0 Å². The van der Waals surface area contributed by atoms with E-state index in [1.165, 1.54) is 7.11 Å². The van der Waals surface area contributed by atoms with Gasteiger partial charge in [-0.2, -0.15) is 0 Å². The number of esters is 1. The highest BCUT2D eigenvalue weighted by Crippen LogP contribution is 2.27. The third-order valence-electron chi connectivity index (χ3n) is 4.47. The standard InChI is InChI=1S/C23H23NO6/c1-3-6-21(26)24-16-11-9-15(10-12-16)19(25)14-29-23(27)22-18(13-28-2)17-7-4-5-8-20(17)30-22/h4-5,7-12H,3,6,13-14H2,1-2H3,(H,24,26). The molecule has 0 aliphatic carbocycles. The molecule has 0 saturated carbocycles. The van der Waals surface area contributed by atoms with Crippen LogP contribution < -0.4 is 5.32 Å². The first kappa shape index (κ1) is 21.3. The number of furan rings is 1. The number of hydrogen-bond donors (Lipinski definition) is 1. The number of benzene rings is 2. The van der Waals surface area contributed by atoms with E-state index < -0.39 is 12.6 Å². The zero-order valence-corrected chi connectivity index (χ0v) is 16.9. The van der Waals surface area contributed by atoms with Crippen molar-refractivity contribution in [3.8, 4) is 0 Å². The van der Waals surface area contributed by atoms with Crippen LogP contribution in [0.15, 0.2) is 52.9 Å². The molecule has 3 rings (SSSR count). The van der Waals surface area contributed by atoms with Crippen molar-refractivity contribution in [3.63, 3.8) is 0 Å². The molecule has 0 spiro atoms. The van der Waals surface area contributed by atoms with Crippen LogP contribution in [-0.2, 0) is 20.9 Å². The minimum Gasteiger partial charge on any atom is -0.451 e. The number of Topliss-reactive ketones (excluding diaryl/α,β-unsaturated/α-hetero) is 1. The fraction of sp³-hybridized carbons (Fsp3) is 0.261. The van der Waals surface area contributed by atoms with Crippen molar-refractivity contribution < 1.29 is 28.3 Å². The van der Waals surface area contributed by atoms with E-state index in [1.807, 2.05) is 19.1 Å². The molecule has 0 bridgehead atoms. The van der Waals surface area contributed by atoms with Crippen molar-refractivity contribution in [2.24, 2.45) is 0 Å². The molecule has 0 aliphatic heterocycles. The Morgan fingerprint density at radius 2 is 1.77 bits per heavy atom. The molecule has 2 aromatic carbocycles. The average molecular weight is 409 g/mol. The van der Waals surface area contributed by atoms with Gasteiger partial charge in [-0.25, -0.2) is 4.79 Å². The Balaban J connectivity index is 1.65. The number of ether oxygens (including phenoxy) is 2. The maximum Gasteiger partial charge on any atom is 0.375 e. The minimum atomic E-state index is -0.727. The average Bonchev–Trinajstić information content (AvgIpc) is 3.11. The zero-order valence-electron chi connectivity index (χ0n) is 16.9. The minimum absolute atomic E-state index is 0.0276. The Bertz CT molecular complexity index is 1050. The maximum absolute atomic E-state index is 12.5. The van der Waals surface area contributed by atoms with E-state index in [4.69, 9.17) is 13.9 Å². The van der Waals surface area contributed by atoms with Gasteiger partial charge in [0.15, 0.2) is 12.4 Å². The topological polar surface area (TPSA) is 94.8 Å². The molecule has 1 amide bonds. The summed E-state index contributed by atoms with van der Waals surface area (Å²) in [6.07, 6.45) is 1.19. The second-order valence-corrected chi connectivity index (χ2v) is 6.71. The largest absolute Gasteiger partial charge is 0.451 e. The van der Waals surface area contributed by atoms with Crippen molar-refractivity contribution in [2.75, 3.05) is 19.0 Å². The van der Waals surface area contributed by atoms with Gasteiger partial charge in [-0.1, -0.05) is 25.1 Å². The summed E-state index contributed by atoms with van der Waals surface area (Å²) < 4.78 is 16.0. The molecule has 156 valence electrons. The van der Waals surface area contributed by atoms with Gasteiger partial charge in [-0.3, -0.25) is 9.59 Å². The van der Waals surface area contributed by atoms with Gasteiger partial charge in [0.2, 0.25) is 11.7 Å². The lowest BCUT2D eigenvalue weighted by Crippen LogP contribution is -2.15. The molecular weight excluding hydrogens is 386 g/mol. The van der Waals surface area contributed by atoms with E-state index in [0.717, 1.165) is 11.8 Å². The first-order valence-corrected chi connectivity index (χ1v) is 9.63. The van der Waals surface area contributed by atoms with Crippen LogP contribution in [-0.4, -0.2) is 31.4 Å². The van der Waals surface area contributed by atoms with Gasteiger partial charge < -0.3 is 19.2 Å². The highest BCUT2D eigenvalue weighted by Gasteiger charge is 2.22. The molecule has 1 heterocycles. The predicted molar refractivity (Wildman–Crippen MR) is 112 cm³/mol. The Hall–Kier alpha value is -3.45. The van der Waals surface area contributed by atoms with Crippen LogP contribution in [0, 0.1) is 0 Å². The lowest BCUT2D eigenvalue weighted by Gasteiger charge is -2.07. The summed E-state index contributed by atoms with van der Waals surface area (Å²) in [6, 6.07) is 13.6. The first-order chi connectivity index (χ1) is 14.5. The number of ketones is 1. The van der Waals surface area contributed by atoms with Crippen molar-refractivity contribution in [1.29, 1.82) is 0 Å². The second kappa shape index (κ2) is 9.84. The van der Waals surface area contributed by atoms with Crippen LogP contribution in [0.3, 0.4) is 0 Å². The third kappa shape index (κ3) is 4.93. The summed E-state index contributed by atoms with van der Waals surface area (Å²) >= 11 is 0. The smallest absolute Gasteiger partial charge is 0.375 e. The fourth-order valence-electron chi connectivity index (χ4n) is 3.02. The van der Waals surface area contributed by atoms with Crippen LogP contribution >= 0.6 is 0 Å². The van der Waals surface area contributed by atoms with Gasteiger partial charge in [0, 0.05) is 35.7 Å². The van der Waals surface area contributed by atoms with Crippen LogP contribution in [0.2, 0.25) is 0 Å². The highest BCUT2D eigenvalue weighted by molar-refractivity contribution is 6.01. The number of carbonyl (C=O) groups is 3. The molecule has 1 N–H and O–H groups in total. The fourth-order valence-corrected chi connectivity index (χ4v) is 3.02. The summed E-state index contributed by atoms with van der Waals surface area (Å²) in [4.78, 5) is 36.5. The second-order valence-electron chi connectivity index (χ2n) is 6.71. The molecule has 0 atom stereocenters. The Morgan fingerprint density at radius 3 is 2.47 bits per heavy atom. The van der Waals surface area contributed by atoms with Crippen LogP contribution in [0.4, 0.5) is 5.69 Å². The van der Waals surface area contributed by atoms with Gasteiger partial charge in [-0.15, -0.1) is 0 Å². The van der Waals surface area contributed by atoms with Crippen LogP contribution in [0.1, 0.15) is 46.2 Å². The van der Waals surface area contributed by atoms with E-state index in [2.05, 4.69) is 5.32 Å². The van der Waals surface area contributed by atoms with E-state index in [-0.39, 0.29) is 24.1 Å². The van der Waals surface area contributed by atoms with Crippen molar-refractivity contribution in [1.82, 2.24) is 0 Å². The summed E-state index contributed by atoms with van der Waals surface area (Å²) in [7, 11) is 1.52. The maximum atomic E-state index is 12.5. The van der Waals surface area contributed by atoms with Crippen molar-refractivity contribution in [3.05, 3.63) is 65.4 Å². The number of amides is 1. The molecule has 0 saturated heterocycles. The van der Waals surface area contributed by atoms with Gasteiger partial charge in [-0.05, 0) is 36.8 Å². The molecule has 0 fully saturated rings. The normalized spacial score (nSPS) is 10.7. The van der Waals surface area contributed by atoms with Gasteiger partial charge in [0.1, 0.15) is 5.58 Å². The molecule has 7 nitrogen and oxygen atoms in total. The van der Waals surface area contributed by atoms with E-state index in [9.17, 15) is 14.4 Å². The number of fused-ring (bicyclic) bond motifs is 1. The van der Waals surface area contributed by atoms with Gasteiger partial charge in [0.25, 0.3) is 0 Å². The number of carbonyl (C=O) groups excluding carboxylic acids is 3. The number of methoxy groups -OCH3 is 1. The molecule has 0 radical (unpaired) electrons. The monoisotopic (exact) mass is 409 g/mol. The molecule has 0 unspecified atom stereocenters. The van der Waals surface area contributed by atoms with Crippen molar-refractivity contribution >= 4 is 34.3 Å². The summed E-state index contributed by atoms with van der Waals surface area (Å²) in [5.74, 6) is -1.14. The number of anilines is 1. The number of para-hydroxylation sites is 1. The SMILES string of the molecule is CCCC(=O)Nc1ccc(C(=O)COC(=O)c2oc3ccccc3c2COC)cc1. The van der Waals surface area contributed by atoms with Gasteiger partial charge >= 0.3 is 5.97 Å². The number of nitrogens with one attached hydrogen (secondary N) is 1. The first-order valence-electron chi connectivity index (χ1n) is 9.63. The Kier molecular flexibility index (Phi) is 6.98. The molecule has 0 aliphatic rings. The Morgan fingerprint density at radius 1 is 1.03 bits per heavy atom. The molecule has 7 heteroatoms.